The summed E-state index contributed by atoms with van der Waals surface area (Å²) in [4.78, 5) is 12.6. The summed E-state index contributed by atoms with van der Waals surface area (Å²) >= 11 is 7.29. The zero-order chi connectivity index (χ0) is 19.4. The van der Waals surface area contributed by atoms with Gasteiger partial charge < -0.3 is 10.1 Å². The summed E-state index contributed by atoms with van der Waals surface area (Å²) in [6.45, 7) is 3.74. The van der Waals surface area contributed by atoms with Crippen LogP contribution in [0.15, 0.2) is 47.6 Å². The summed E-state index contributed by atoms with van der Waals surface area (Å²) < 4.78 is 6.85. The van der Waals surface area contributed by atoms with Gasteiger partial charge >= 0.3 is 0 Å². The molecule has 0 aliphatic heterocycles. The van der Waals surface area contributed by atoms with Crippen LogP contribution in [0, 0.1) is 6.92 Å². The van der Waals surface area contributed by atoms with Crippen molar-refractivity contribution in [3.63, 3.8) is 0 Å². The number of carbonyl (C=O) groups excluding carboxylic acids is 1. The van der Waals surface area contributed by atoms with Gasteiger partial charge in [0.05, 0.1) is 23.7 Å². The highest BCUT2D eigenvalue weighted by atomic mass is 35.5. The van der Waals surface area contributed by atoms with E-state index < -0.39 is 5.25 Å². The lowest BCUT2D eigenvalue weighted by Gasteiger charge is -2.14. The number of ether oxygens (including phenoxy) is 1. The lowest BCUT2D eigenvalue weighted by Crippen LogP contribution is -2.23. The van der Waals surface area contributed by atoms with Crippen LogP contribution >= 0.6 is 23.4 Å². The number of methoxy groups -OCH3 is 1. The topological polar surface area (TPSA) is 81.9 Å². The molecule has 9 heteroatoms. The molecule has 1 aromatic heterocycles. The number of nitrogens with zero attached hydrogens (tertiary/aromatic N) is 4. The fourth-order valence-electron chi connectivity index (χ4n) is 2.39. The van der Waals surface area contributed by atoms with Crippen molar-refractivity contribution in [3.05, 3.63) is 53.1 Å². The second kappa shape index (κ2) is 8.41. The predicted octanol–water partition coefficient (Wildman–Crippen LogP) is 3.75. The zero-order valence-electron chi connectivity index (χ0n) is 15.0. The molecule has 27 heavy (non-hydrogen) atoms. The second-order valence-corrected chi connectivity index (χ2v) is 7.55. The molecule has 0 radical (unpaired) electrons. The predicted molar refractivity (Wildman–Crippen MR) is 106 cm³/mol. The van der Waals surface area contributed by atoms with Gasteiger partial charge in [-0.05, 0) is 60.2 Å². The van der Waals surface area contributed by atoms with Crippen LogP contribution < -0.4 is 10.1 Å². The van der Waals surface area contributed by atoms with Gasteiger partial charge in [0, 0.05) is 5.02 Å². The highest BCUT2D eigenvalue weighted by Crippen LogP contribution is 2.28. The Kier molecular flexibility index (Phi) is 5.98. The van der Waals surface area contributed by atoms with Gasteiger partial charge in [-0.15, -0.1) is 5.10 Å². The number of amides is 1. The van der Waals surface area contributed by atoms with Gasteiger partial charge in [0.1, 0.15) is 5.75 Å². The van der Waals surface area contributed by atoms with Crippen molar-refractivity contribution in [3.8, 4) is 11.4 Å². The first-order valence-corrected chi connectivity index (χ1v) is 9.40. The van der Waals surface area contributed by atoms with Crippen molar-refractivity contribution in [1.29, 1.82) is 0 Å². The van der Waals surface area contributed by atoms with Crippen LogP contribution in [0.1, 0.15) is 12.5 Å². The SMILES string of the molecule is COc1ccc(C)cc1NC(=O)[C@H](C)Sc1nnnn1-c1cccc(Cl)c1. The van der Waals surface area contributed by atoms with E-state index in [9.17, 15) is 4.79 Å². The van der Waals surface area contributed by atoms with Gasteiger partial charge in [0.2, 0.25) is 11.1 Å². The van der Waals surface area contributed by atoms with E-state index in [1.807, 2.05) is 37.3 Å². The minimum atomic E-state index is -0.431. The molecule has 0 saturated heterocycles. The van der Waals surface area contributed by atoms with Crippen LogP contribution in [0.3, 0.4) is 0 Å². The molecule has 3 rings (SSSR count). The lowest BCUT2D eigenvalue weighted by molar-refractivity contribution is -0.115. The number of carbonyl (C=O) groups is 1. The summed E-state index contributed by atoms with van der Waals surface area (Å²) in [7, 11) is 1.57. The summed E-state index contributed by atoms with van der Waals surface area (Å²) in [6.07, 6.45) is 0. The van der Waals surface area contributed by atoms with Crippen molar-refractivity contribution < 1.29 is 9.53 Å². The molecule has 3 aromatic rings. The van der Waals surface area contributed by atoms with E-state index in [2.05, 4.69) is 20.8 Å². The molecule has 1 N–H and O–H groups in total. The highest BCUT2D eigenvalue weighted by Gasteiger charge is 2.20. The van der Waals surface area contributed by atoms with Crippen LogP contribution in [-0.2, 0) is 4.79 Å². The van der Waals surface area contributed by atoms with Gasteiger partial charge in [0.15, 0.2) is 0 Å². The Morgan fingerprint density at radius 3 is 2.85 bits per heavy atom. The summed E-state index contributed by atoms with van der Waals surface area (Å²) in [5.74, 6) is 0.430. The molecule has 0 saturated carbocycles. The quantitative estimate of drug-likeness (QED) is 0.631. The van der Waals surface area contributed by atoms with E-state index >= 15 is 0 Å². The zero-order valence-corrected chi connectivity index (χ0v) is 16.6. The average Bonchev–Trinajstić information content (AvgIpc) is 3.10. The van der Waals surface area contributed by atoms with Crippen molar-refractivity contribution >= 4 is 35.0 Å². The standard InChI is InChI=1S/C18H18ClN5O2S/c1-11-7-8-16(26-3)15(9-11)20-17(25)12(2)27-18-21-22-23-24(18)14-6-4-5-13(19)10-14/h4-10,12H,1-3H3,(H,20,25)/t12-/m0/s1. The fraction of sp³-hybridized carbons (Fsp3) is 0.222. The molecular formula is C18H18ClN5O2S. The lowest BCUT2D eigenvalue weighted by atomic mass is 10.2. The Bertz CT molecular complexity index is 962. The number of hydrogen-bond donors (Lipinski definition) is 1. The van der Waals surface area contributed by atoms with E-state index in [4.69, 9.17) is 16.3 Å². The third kappa shape index (κ3) is 4.58. The van der Waals surface area contributed by atoms with Crippen LogP contribution in [0.25, 0.3) is 5.69 Å². The molecule has 140 valence electrons. The van der Waals surface area contributed by atoms with E-state index in [0.29, 0.717) is 21.6 Å². The number of halogens is 1. The second-order valence-electron chi connectivity index (χ2n) is 5.81. The first-order chi connectivity index (χ1) is 13.0. The smallest absolute Gasteiger partial charge is 0.237 e. The summed E-state index contributed by atoms with van der Waals surface area (Å²) in [5.41, 5.74) is 2.38. The van der Waals surface area contributed by atoms with Gasteiger partial charge in [-0.2, -0.15) is 4.68 Å². The van der Waals surface area contributed by atoms with Crippen molar-refractivity contribution in [2.45, 2.75) is 24.3 Å². The van der Waals surface area contributed by atoms with Gasteiger partial charge in [-0.25, -0.2) is 0 Å². The van der Waals surface area contributed by atoms with Gasteiger partial charge in [0.25, 0.3) is 0 Å². The maximum absolute atomic E-state index is 12.6. The van der Waals surface area contributed by atoms with Gasteiger partial charge in [-0.3, -0.25) is 4.79 Å². The number of rotatable bonds is 6. The molecule has 1 atom stereocenters. The first-order valence-electron chi connectivity index (χ1n) is 8.14. The number of aryl methyl sites for hydroxylation is 1. The van der Waals surface area contributed by atoms with Crippen LogP contribution in [0.4, 0.5) is 5.69 Å². The normalized spacial score (nSPS) is 11.9. The van der Waals surface area contributed by atoms with Crippen LogP contribution in [0.5, 0.6) is 5.75 Å². The molecule has 0 unspecified atom stereocenters. The molecule has 0 fully saturated rings. The Balaban J connectivity index is 1.75. The van der Waals surface area contributed by atoms with Crippen LogP contribution in [-0.4, -0.2) is 38.5 Å². The molecule has 1 heterocycles. The third-order valence-corrected chi connectivity index (χ3v) is 5.03. The molecule has 0 bridgehead atoms. The van der Waals surface area contributed by atoms with E-state index in [1.165, 1.54) is 11.8 Å². The number of nitrogens with one attached hydrogen (secondary N) is 1. The number of aromatic nitrogens is 4. The molecule has 1 amide bonds. The minimum Gasteiger partial charge on any atom is -0.495 e. The molecule has 2 aromatic carbocycles. The Hall–Kier alpha value is -2.58. The number of benzene rings is 2. The summed E-state index contributed by atoms with van der Waals surface area (Å²) in [6, 6.07) is 12.8. The minimum absolute atomic E-state index is 0.176. The molecule has 0 aliphatic rings. The largest absolute Gasteiger partial charge is 0.495 e. The molecule has 0 aliphatic carbocycles. The number of tetrazole rings is 1. The van der Waals surface area contributed by atoms with Crippen molar-refractivity contribution in [1.82, 2.24) is 20.2 Å². The van der Waals surface area contributed by atoms with Crippen LogP contribution in [0.2, 0.25) is 5.02 Å². The van der Waals surface area contributed by atoms with E-state index in [-0.39, 0.29) is 5.91 Å². The Labute approximate surface area is 166 Å². The van der Waals surface area contributed by atoms with Crippen molar-refractivity contribution in [2.24, 2.45) is 0 Å². The molecular weight excluding hydrogens is 386 g/mol. The van der Waals surface area contributed by atoms with Crippen molar-refractivity contribution in [2.75, 3.05) is 12.4 Å². The molecule has 0 spiro atoms. The maximum Gasteiger partial charge on any atom is 0.237 e. The maximum atomic E-state index is 12.6. The number of thioether (sulfide) groups is 1. The molecule has 7 nitrogen and oxygen atoms in total. The summed E-state index contributed by atoms with van der Waals surface area (Å²) in [5, 5.41) is 15.3. The Morgan fingerprint density at radius 1 is 1.30 bits per heavy atom. The van der Waals surface area contributed by atoms with Gasteiger partial charge in [-0.1, -0.05) is 35.5 Å². The fourth-order valence-corrected chi connectivity index (χ4v) is 3.38. The highest BCUT2D eigenvalue weighted by molar-refractivity contribution is 8.00. The average molecular weight is 404 g/mol. The van der Waals surface area contributed by atoms with E-state index in [0.717, 1.165) is 11.3 Å². The monoisotopic (exact) mass is 403 g/mol. The number of anilines is 1. The van der Waals surface area contributed by atoms with E-state index in [1.54, 1.807) is 30.8 Å². The number of hydrogen-bond acceptors (Lipinski definition) is 6. The first kappa shape index (κ1) is 19.2. The Morgan fingerprint density at radius 2 is 2.11 bits per heavy atom. The third-order valence-electron chi connectivity index (χ3n) is 3.76.